The van der Waals surface area contributed by atoms with Crippen molar-refractivity contribution in [3.05, 3.63) is 11.6 Å². The highest BCUT2D eigenvalue weighted by Gasteiger charge is 2.97. The van der Waals surface area contributed by atoms with Gasteiger partial charge in [0, 0.05) is 53.9 Å². The van der Waals surface area contributed by atoms with E-state index in [1.54, 1.807) is 26.8 Å². The van der Waals surface area contributed by atoms with Crippen LogP contribution in [0.15, 0.2) is 11.6 Å². The van der Waals surface area contributed by atoms with Crippen molar-refractivity contribution in [1.29, 1.82) is 0 Å². The molecule has 0 aromatic heterocycles. The molecule has 16 heteroatoms. The van der Waals surface area contributed by atoms with Crippen LogP contribution in [0.5, 0.6) is 0 Å². The molecule has 8 aliphatic rings. The van der Waals surface area contributed by atoms with Gasteiger partial charge in [-0.15, -0.1) is 0 Å². The maximum atomic E-state index is 14.2. The molecular formula is C35H46O16. The van der Waals surface area contributed by atoms with E-state index in [9.17, 15) is 34.5 Å². The number of esters is 4. The van der Waals surface area contributed by atoms with Gasteiger partial charge < -0.3 is 58.0 Å². The molecule has 5 aliphatic heterocycles. The molecule has 5 heterocycles. The average Bonchev–Trinajstić information content (AvgIpc) is 3.47. The predicted octanol–water partition coefficient (Wildman–Crippen LogP) is -0.327. The minimum Gasteiger partial charge on any atom is -0.468 e. The molecule has 282 valence electrons. The normalized spacial score (nSPS) is 54.4. The van der Waals surface area contributed by atoms with E-state index in [2.05, 4.69) is 0 Å². The van der Waals surface area contributed by atoms with E-state index in [0.29, 0.717) is 6.42 Å². The van der Waals surface area contributed by atoms with Gasteiger partial charge in [0.05, 0.1) is 52.4 Å². The second-order valence-electron chi connectivity index (χ2n) is 16.0. The van der Waals surface area contributed by atoms with Gasteiger partial charge in [-0.2, -0.15) is 0 Å². The first kappa shape index (κ1) is 35.3. The van der Waals surface area contributed by atoms with Crippen molar-refractivity contribution in [2.75, 3.05) is 34.0 Å². The number of aliphatic hydroxyl groups excluding tert-OH is 1. The minimum absolute atomic E-state index is 0.242. The summed E-state index contributed by atoms with van der Waals surface area (Å²) in [6.07, 6.45) is -5.42. The Bertz CT molecular complexity index is 1610. The zero-order valence-electron chi connectivity index (χ0n) is 29.7. The van der Waals surface area contributed by atoms with Crippen LogP contribution in [0.2, 0.25) is 0 Å². The number of ether oxygens (including phenoxy) is 9. The van der Waals surface area contributed by atoms with Crippen molar-refractivity contribution in [3.63, 3.8) is 0 Å². The summed E-state index contributed by atoms with van der Waals surface area (Å²) in [7, 11) is 2.24. The fourth-order valence-corrected chi connectivity index (χ4v) is 12.5. The Morgan fingerprint density at radius 1 is 0.922 bits per heavy atom. The summed E-state index contributed by atoms with van der Waals surface area (Å²) >= 11 is 0. The number of aliphatic hydroxyl groups is 3. The highest BCUT2D eigenvalue weighted by molar-refractivity contribution is 5.88. The van der Waals surface area contributed by atoms with Gasteiger partial charge in [0.25, 0.3) is 5.79 Å². The van der Waals surface area contributed by atoms with E-state index in [0.717, 1.165) is 7.11 Å². The van der Waals surface area contributed by atoms with Crippen molar-refractivity contribution in [2.24, 2.45) is 34.0 Å². The lowest BCUT2D eigenvalue weighted by atomic mass is 9.37. The molecule has 51 heavy (non-hydrogen) atoms. The molecule has 3 saturated carbocycles. The summed E-state index contributed by atoms with van der Waals surface area (Å²) in [6, 6.07) is 0. The third kappa shape index (κ3) is 3.73. The zero-order valence-corrected chi connectivity index (χ0v) is 29.7. The van der Waals surface area contributed by atoms with E-state index in [1.165, 1.54) is 14.0 Å². The maximum absolute atomic E-state index is 14.2. The predicted molar refractivity (Wildman–Crippen MR) is 165 cm³/mol. The Hall–Kier alpha value is -2.70. The fraction of sp³-hybridized carbons (Fsp3) is 0.829. The first-order valence-corrected chi connectivity index (χ1v) is 17.5. The number of hydrogen-bond donors (Lipinski definition) is 3. The quantitative estimate of drug-likeness (QED) is 0.139. The van der Waals surface area contributed by atoms with E-state index in [-0.39, 0.29) is 31.6 Å². The van der Waals surface area contributed by atoms with Gasteiger partial charge in [0.15, 0.2) is 6.29 Å². The smallest absolute Gasteiger partial charge is 0.366 e. The molecule has 0 radical (unpaired) electrons. The molecule has 8 rings (SSSR count). The highest BCUT2D eigenvalue weighted by atomic mass is 16.7. The largest absolute Gasteiger partial charge is 0.468 e. The number of hydrogen-bond acceptors (Lipinski definition) is 16. The van der Waals surface area contributed by atoms with Gasteiger partial charge in [-0.3, -0.25) is 9.59 Å². The lowest BCUT2D eigenvalue weighted by Crippen LogP contribution is -2.79. The van der Waals surface area contributed by atoms with Crippen molar-refractivity contribution < 1.29 is 77.1 Å². The summed E-state index contributed by atoms with van der Waals surface area (Å²) in [5.41, 5.74) is -9.15. The molecule has 3 aliphatic carbocycles. The summed E-state index contributed by atoms with van der Waals surface area (Å²) < 4.78 is 54.3. The van der Waals surface area contributed by atoms with Crippen molar-refractivity contribution >= 4 is 23.9 Å². The van der Waals surface area contributed by atoms with Gasteiger partial charge in [0.1, 0.15) is 34.4 Å². The zero-order chi connectivity index (χ0) is 36.9. The number of epoxide rings is 1. The number of fused-ring (bicyclic) bond motifs is 7. The third-order valence-corrected chi connectivity index (χ3v) is 14.4. The molecular weight excluding hydrogens is 676 g/mol. The number of carbonyl (C=O) groups excluding carboxylic acids is 4. The SMILES string of the molecule is C/C=C(\C)C(=O)O[C@H]1C[C@@H](OC(C)=O)[C@@]2(C(=O)OC)CO[C@H]3[C@@H](O)[C@@](C)([C@]45O[C@@]4(C)[C@H]4C[C@@H]5O[C@@H]5OCC[C@@]54O)[C@H]4[C@]1(CO[C@]4(O)C(=O)OC)[C@@H]32. The summed E-state index contributed by atoms with van der Waals surface area (Å²) in [5.74, 6) is -9.60. The second-order valence-corrected chi connectivity index (χ2v) is 16.0. The van der Waals surface area contributed by atoms with Crippen LogP contribution < -0.4 is 0 Å². The average molecular weight is 723 g/mol. The van der Waals surface area contributed by atoms with Crippen LogP contribution >= 0.6 is 0 Å². The first-order chi connectivity index (χ1) is 23.9. The van der Waals surface area contributed by atoms with E-state index >= 15 is 0 Å². The van der Waals surface area contributed by atoms with Crippen molar-refractivity contribution in [2.45, 2.75) is 113 Å². The molecule has 0 unspecified atom stereocenters. The fourth-order valence-electron chi connectivity index (χ4n) is 12.5. The van der Waals surface area contributed by atoms with Gasteiger partial charge >= 0.3 is 23.9 Å². The second kappa shape index (κ2) is 10.7. The Morgan fingerprint density at radius 3 is 2.27 bits per heavy atom. The Kier molecular flexibility index (Phi) is 7.42. The number of methoxy groups -OCH3 is 2. The van der Waals surface area contributed by atoms with Crippen molar-refractivity contribution in [1.82, 2.24) is 0 Å². The lowest BCUT2D eigenvalue weighted by molar-refractivity contribution is -0.316. The number of carbonyl (C=O) groups is 4. The number of rotatable bonds is 6. The molecule has 5 saturated heterocycles. The van der Waals surface area contributed by atoms with Gasteiger partial charge in [0.2, 0.25) is 0 Å². The van der Waals surface area contributed by atoms with Crippen LogP contribution in [0.4, 0.5) is 0 Å². The van der Waals surface area contributed by atoms with Crippen LogP contribution in [-0.2, 0) is 61.8 Å². The highest BCUT2D eigenvalue weighted by Crippen LogP contribution is 2.83. The third-order valence-electron chi connectivity index (χ3n) is 14.4. The topological polar surface area (TPSA) is 215 Å². The molecule has 0 amide bonds. The van der Waals surface area contributed by atoms with Gasteiger partial charge in [-0.1, -0.05) is 13.0 Å². The van der Waals surface area contributed by atoms with E-state index < -0.39 is 124 Å². The Labute approximate surface area is 293 Å². The van der Waals surface area contributed by atoms with Crippen LogP contribution in [0, 0.1) is 34.0 Å². The Balaban J connectivity index is 1.39. The summed E-state index contributed by atoms with van der Waals surface area (Å²) in [6.45, 7) is 7.24. The molecule has 0 aromatic rings. The van der Waals surface area contributed by atoms with Gasteiger partial charge in [-0.25, -0.2) is 9.59 Å². The van der Waals surface area contributed by atoms with E-state index in [1.807, 2.05) is 6.92 Å². The standard InChI is InChI=1S/C35H46O16/c1-8-15(2)24(38)49-18-12-19(48-16(3)36)32(26(39)43-6)13-46-21-22(32)31(18)14-47-34(42,27(40)44-7)25(31)29(4,23(21)37)35-20-11-17(30(35,5)51-35)33(41)9-10-45-28(33)50-20/h8,17-23,25,28,37,41-42H,9-14H2,1-7H3/b15-8+/t17-,18+,19-,20+,21-,22-,23-,25+,28+,29-,30+,31+,32+,33+,34+,35+/m1/s1. The number of allylic oxidation sites excluding steroid dienone is 1. The monoisotopic (exact) mass is 722 g/mol. The molecule has 8 fully saturated rings. The van der Waals surface area contributed by atoms with Crippen LogP contribution in [-0.4, -0.2) is 133 Å². The summed E-state index contributed by atoms with van der Waals surface area (Å²) in [5, 5.41) is 37.6. The maximum Gasteiger partial charge on any atom is 0.366 e. The minimum atomic E-state index is -2.81. The van der Waals surface area contributed by atoms with Gasteiger partial charge in [-0.05, 0) is 27.2 Å². The van der Waals surface area contributed by atoms with E-state index in [4.69, 9.17) is 42.6 Å². The molecule has 1 spiro atoms. The van der Waals surface area contributed by atoms with Crippen LogP contribution in [0.1, 0.15) is 53.9 Å². The molecule has 16 nitrogen and oxygen atoms in total. The molecule has 16 atom stereocenters. The van der Waals surface area contributed by atoms with Crippen LogP contribution in [0.25, 0.3) is 0 Å². The first-order valence-electron chi connectivity index (χ1n) is 17.5. The molecule has 3 N–H and O–H groups in total. The lowest BCUT2D eigenvalue weighted by Gasteiger charge is -2.65. The van der Waals surface area contributed by atoms with Crippen molar-refractivity contribution in [3.8, 4) is 0 Å². The molecule has 2 bridgehead atoms. The Morgan fingerprint density at radius 2 is 1.63 bits per heavy atom. The summed E-state index contributed by atoms with van der Waals surface area (Å²) in [4.78, 5) is 54.4. The van der Waals surface area contributed by atoms with Crippen LogP contribution in [0.3, 0.4) is 0 Å². The molecule has 0 aromatic carbocycles.